The third-order valence-electron chi connectivity index (χ3n) is 0.968. The van der Waals surface area contributed by atoms with Crippen LogP contribution in [0.5, 0.6) is 0 Å². The molecule has 0 spiro atoms. The van der Waals surface area contributed by atoms with Crippen LogP contribution in [0.1, 0.15) is 6.92 Å². The highest BCUT2D eigenvalue weighted by Crippen LogP contribution is 2.07. The van der Waals surface area contributed by atoms with Gasteiger partial charge in [-0.3, -0.25) is 0 Å². The smallest absolute Gasteiger partial charge is 0.187 e. The molecule has 66 valence electrons. The number of rotatable bonds is 5. The fourth-order valence-electron chi connectivity index (χ4n) is 0.735. The molecule has 0 fully saturated rings. The molecular formula is C8H18O2Si. The lowest BCUT2D eigenvalue weighted by Crippen LogP contribution is -2.31. The summed E-state index contributed by atoms with van der Waals surface area (Å²) >= 11 is 0. The zero-order valence-electron chi connectivity index (χ0n) is 7.89. The first kappa shape index (κ1) is 10.9. The summed E-state index contributed by atoms with van der Waals surface area (Å²) in [6, 6.07) is 0. The van der Waals surface area contributed by atoms with E-state index in [2.05, 4.69) is 26.2 Å². The van der Waals surface area contributed by atoms with Crippen LogP contribution in [0.15, 0.2) is 12.7 Å². The fraction of sp³-hybridized carbons (Fsp3) is 0.750. The van der Waals surface area contributed by atoms with Crippen LogP contribution in [0.4, 0.5) is 0 Å². The third-order valence-corrected chi connectivity index (χ3v) is 2.01. The molecule has 0 saturated heterocycles. The predicted molar refractivity (Wildman–Crippen MR) is 50.0 cm³/mol. The molecule has 0 aromatic heterocycles. The minimum Gasteiger partial charge on any atom is -0.393 e. The molecule has 0 radical (unpaired) electrons. The summed E-state index contributed by atoms with van der Waals surface area (Å²) in [4.78, 5) is 0. The highest BCUT2D eigenvalue weighted by atomic mass is 28.4. The summed E-state index contributed by atoms with van der Waals surface area (Å²) in [5.74, 6) is 0. The summed E-state index contributed by atoms with van der Waals surface area (Å²) in [5.41, 5.74) is 0. The van der Waals surface area contributed by atoms with Gasteiger partial charge in [-0.2, -0.15) is 0 Å². The first-order valence-electron chi connectivity index (χ1n) is 3.86. The van der Waals surface area contributed by atoms with Crippen molar-refractivity contribution in [3.05, 3.63) is 12.7 Å². The Kier molecular flexibility index (Phi) is 4.64. The molecule has 0 rings (SSSR count). The molecule has 0 aliphatic carbocycles. The molecule has 2 nitrogen and oxygen atoms in total. The topological polar surface area (TPSA) is 18.5 Å². The van der Waals surface area contributed by atoms with Crippen LogP contribution in [-0.2, 0) is 9.16 Å². The molecule has 0 N–H and O–H groups in total. The molecular weight excluding hydrogens is 156 g/mol. The number of hydrogen-bond acceptors (Lipinski definition) is 2. The molecule has 0 aromatic carbocycles. The highest BCUT2D eigenvalue weighted by molar-refractivity contribution is 6.69. The van der Waals surface area contributed by atoms with Gasteiger partial charge in [0.05, 0.1) is 6.61 Å². The molecule has 1 atom stereocenters. The van der Waals surface area contributed by atoms with Gasteiger partial charge in [-0.15, -0.1) is 6.58 Å². The van der Waals surface area contributed by atoms with E-state index in [1.54, 1.807) is 6.08 Å². The van der Waals surface area contributed by atoms with Gasteiger partial charge in [0.1, 0.15) is 6.29 Å². The average molecular weight is 174 g/mol. The summed E-state index contributed by atoms with van der Waals surface area (Å²) in [6.45, 7) is 12.5. The first-order chi connectivity index (χ1) is 4.95. The minimum absolute atomic E-state index is 0.0975. The van der Waals surface area contributed by atoms with Gasteiger partial charge in [0.25, 0.3) is 0 Å². The second kappa shape index (κ2) is 4.69. The highest BCUT2D eigenvalue weighted by Gasteiger charge is 2.17. The van der Waals surface area contributed by atoms with Crippen LogP contribution in [0.25, 0.3) is 0 Å². The second-order valence-corrected chi connectivity index (χ2v) is 7.88. The van der Waals surface area contributed by atoms with Gasteiger partial charge in [-0.1, -0.05) is 6.08 Å². The van der Waals surface area contributed by atoms with Crippen molar-refractivity contribution < 1.29 is 9.16 Å². The van der Waals surface area contributed by atoms with Crippen molar-refractivity contribution in [3.8, 4) is 0 Å². The predicted octanol–water partition coefficient (Wildman–Crippen LogP) is 2.39. The lowest BCUT2D eigenvalue weighted by molar-refractivity contribution is -0.0603. The average Bonchev–Trinajstić information content (AvgIpc) is 1.79. The van der Waals surface area contributed by atoms with E-state index in [1.165, 1.54) is 0 Å². The monoisotopic (exact) mass is 174 g/mol. The summed E-state index contributed by atoms with van der Waals surface area (Å²) in [7, 11) is -1.43. The summed E-state index contributed by atoms with van der Waals surface area (Å²) in [6.07, 6.45) is 1.63. The second-order valence-electron chi connectivity index (χ2n) is 3.42. The first-order valence-corrected chi connectivity index (χ1v) is 7.27. The molecule has 0 bridgehead atoms. The van der Waals surface area contributed by atoms with Gasteiger partial charge >= 0.3 is 0 Å². The van der Waals surface area contributed by atoms with E-state index >= 15 is 0 Å². The van der Waals surface area contributed by atoms with E-state index in [0.29, 0.717) is 6.61 Å². The Hall–Kier alpha value is -0.123. The maximum Gasteiger partial charge on any atom is 0.187 e. The maximum absolute atomic E-state index is 5.61. The third kappa shape index (κ3) is 7.78. The van der Waals surface area contributed by atoms with E-state index in [-0.39, 0.29) is 6.29 Å². The quantitative estimate of drug-likeness (QED) is 0.362. The van der Waals surface area contributed by atoms with Gasteiger partial charge in [-0.05, 0) is 26.6 Å². The van der Waals surface area contributed by atoms with Crippen molar-refractivity contribution >= 4 is 8.32 Å². The van der Waals surface area contributed by atoms with Gasteiger partial charge < -0.3 is 9.16 Å². The Balaban J connectivity index is 3.51. The molecule has 11 heavy (non-hydrogen) atoms. The Morgan fingerprint density at radius 1 is 1.45 bits per heavy atom. The summed E-state index contributed by atoms with van der Waals surface area (Å²) in [5, 5.41) is 0. The van der Waals surface area contributed by atoms with Gasteiger partial charge in [0.15, 0.2) is 8.32 Å². The number of ether oxygens (including phenoxy) is 1. The van der Waals surface area contributed by atoms with E-state index in [0.717, 1.165) is 0 Å². The molecule has 0 aromatic rings. The zero-order chi connectivity index (χ0) is 8.91. The normalized spacial score (nSPS) is 14.5. The van der Waals surface area contributed by atoms with Crippen LogP contribution in [0.2, 0.25) is 19.6 Å². The molecule has 0 heterocycles. The Labute approximate surface area is 70.3 Å². The zero-order valence-corrected chi connectivity index (χ0v) is 8.89. The van der Waals surface area contributed by atoms with Crippen molar-refractivity contribution in [2.45, 2.75) is 32.9 Å². The van der Waals surface area contributed by atoms with Crippen LogP contribution in [0.3, 0.4) is 0 Å². The van der Waals surface area contributed by atoms with E-state index < -0.39 is 8.32 Å². The molecule has 0 aliphatic heterocycles. The lowest BCUT2D eigenvalue weighted by atomic mass is 10.7. The van der Waals surface area contributed by atoms with Crippen LogP contribution in [-0.4, -0.2) is 21.2 Å². The Bertz CT molecular complexity index is 118. The SMILES string of the molecule is C=CCOC(C)O[Si](C)(C)C. The van der Waals surface area contributed by atoms with Gasteiger partial charge in [-0.25, -0.2) is 0 Å². The van der Waals surface area contributed by atoms with Gasteiger partial charge in [0, 0.05) is 0 Å². The van der Waals surface area contributed by atoms with Gasteiger partial charge in [0.2, 0.25) is 0 Å². The van der Waals surface area contributed by atoms with Crippen LogP contribution >= 0.6 is 0 Å². The minimum atomic E-state index is -1.43. The summed E-state index contributed by atoms with van der Waals surface area (Å²) < 4.78 is 10.9. The van der Waals surface area contributed by atoms with E-state index in [1.807, 2.05) is 6.92 Å². The van der Waals surface area contributed by atoms with Crippen molar-refractivity contribution in [2.75, 3.05) is 6.61 Å². The number of hydrogen-bond donors (Lipinski definition) is 0. The molecule has 0 aliphatic rings. The van der Waals surface area contributed by atoms with Crippen molar-refractivity contribution in [1.29, 1.82) is 0 Å². The molecule has 0 saturated carbocycles. The lowest BCUT2D eigenvalue weighted by Gasteiger charge is -2.22. The maximum atomic E-state index is 5.61. The van der Waals surface area contributed by atoms with Crippen molar-refractivity contribution in [1.82, 2.24) is 0 Å². The van der Waals surface area contributed by atoms with E-state index in [9.17, 15) is 0 Å². The standard InChI is InChI=1S/C8H18O2Si/c1-6-7-9-8(2)10-11(3,4)5/h6,8H,1,7H2,2-5H3. The molecule has 0 amide bonds. The van der Waals surface area contributed by atoms with Crippen molar-refractivity contribution in [3.63, 3.8) is 0 Å². The van der Waals surface area contributed by atoms with Crippen LogP contribution < -0.4 is 0 Å². The fourth-order valence-corrected chi connectivity index (χ4v) is 1.80. The van der Waals surface area contributed by atoms with Crippen LogP contribution in [0, 0.1) is 0 Å². The Morgan fingerprint density at radius 3 is 2.36 bits per heavy atom. The molecule has 3 heteroatoms. The molecule has 1 unspecified atom stereocenters. The largest absolute Gasteiger partial charge is 0.393 e. The van der Waals surface area contributed by atoms with E-state index in [4.69, 9.17) is 9.16 Å². The Morgan fingerprint density at radius 2 is 2.00 bits per heavy atom. The van der Waals surface area contributed by atoms with Crippen molar-refractivity contribution in [2.24, 2.45) is 0 Å².